The van der Waals surface area contributed by atoms with E-state index in [1.54, 1.807) is 6.07 Å². The minimum Gasteiger partial charge on any atom is -0.340 e. The molecule has 0 radical (unpaired) electrons. The molecule has 2 aromatic rings. The summed E-state index contributed by atoms with van der Waals surface area (Å²) in [6.07, 6.45) is 0.382. The topological polar surface area (TPSA) is 72.5 Å². The van der Waals surface area contributed by atoms with Gasteiger partial charge >= 0.3 is 0 Å². The lowest BCUT2D eigenvalue weighted by Gasteiger charge is -2.34. The number of hydrogen-bond acceptors (Lipinski definition) is 5. The molecule has 0 bridgehead atoms. The molecule has 1 aromatic carbocycles. The molecule has 7 nitrogen and oxygen atoms in total. The third-order valence-electron chi connectivity index (χ3n) is 6.28. The second kappa shape index (κ2) is 7.99. The van der Waals surface area contributed by atoms with Gasteiger partial charge in [0.1, 0.15) is 0 Å². The van der Waals surface area contributed by atoms with Gasteiger partial charge in [-0.2, -0.15) is 0 Å². The number of aromatic nitrogens is 2. The predicted octanol–water partition coefficient (Wildman–Crippen LogP) is 2.05. The van der Waals surface area contributed by atoms with Crippen molar-refractivity contribution in [2.45, 2.75) is 33.1 Å². The summed E-state index contributed by atoms with van der Waals surface area (Å²) >= 11 is 0. The number of anilines is 2. The van der Waals surface area contributed by atoms with E-state index >= 15 is 0 Å². The molecule has 1 atom stereocenters. The number of carbonyl (C=O) groups is 1. The van der Waals surface area contributed by atoms with Crippen LogP contribution in [-0.4, -0.2) is 60.0 Å². The zero-order chi connectivity index (χ0) is 20.5. The van der Waals surface area contributed by atoms with Gasteiger partial charge < -0.3 is 14.7 Å². The Kier molecular flexibility index (Phi) is 5.41. The summed E-state index contributed by atoms with van der Waals surface area (Å²) in [4.78, 5) is 39.1. The van der Waals surface area contributed by atoms with Crippen molar-refractivity contribution < 1.29 is 4.79 Å². The van der Waals surface area contributed by atoms with Crippen molar-refractivity contribution >= 4 is 17.5 Å². The van der Waals surface area contributed by atoms with E-state index in [0.29, 0.717) is 24.6 Å². The molecule has 7 heteroatoms. The summed E-state index contributed by atoms with van der Waals surface area (Å²) in [6.45, 7) is 11.5. The van der Waals surface area contributed by atoms with E-state index in [9.17, 15) is 9.59 Å². The standard InChI is InChI=1S/C22H29N5O2/c1-4-25-8-10-26(11-9-25)22-23-18(13-20(28)24-22)17-12-21(29)27(14-17)19-7-5-6-15(2)16(19)3/h5-7,13,17H,4,8-12,14H2,1-3H3,(H,23,24,28)/t17-/m1/s1. The highest BCUT2D eigenvalue weighted by Gasteiger charge is 2.34. The number of benzene rings is 1. The number of H-pyrrole nitrogens is 1. The molecular weight excluding hydrogens is 366 g/mol. The average Bonchev–Trinajstić information content (AvgIpc) is 3.11. The Morgan fingerprint density at radius 2 is 1.90 bits per heavy atom. The molecule has 2 aliphatic rings. The maximum absolute atomic E-state index is 12.8. The fraction of sp³-hybridized carbons (Fsp3) is 0.500. The van der Waals surface area contributed by atoms with Crippen LogP contribution in [-0.2, 0) is 4.79 Å². The van der Waals surface area contributed by atoms with Crippen LogP contribution in [0.5, 0.6) is 0 Å². The molecule has 3 heterocycles. The normalized spacial score (nSPS) is 20.5. The van der Waals surface area contributed by atoms with E-state index in [1.165, 1.54) is 5.56 Å². The lowest BCUT2D eigenvalue weighted by Crippen LogP contribution is -2.47. The van der Waals surface area contributed by atoms with Gasteiger partial charge in [0.15, 0.2) is 0 Å². The minimum atomic E-state index is -0.152. The average molecular weight is 396 g/mol. The molecule has 4 rings (SSSR count). The Morgan fingerprint density at radius 1 is 1.14 bits per heavy atom. The quantitative estimate of drug-likeness (QED) is 0.858. The van der Waals surface area contributed by atoms with Crippen LogP contribution in [0.2, 0.25) is 0 Å². The van der Waals surface area contributed by atoms with Gasteiger partial charge in [0, 0.05) is 56.8 Å². The fourth-order valence-electron chi connectivity index (χ4n) is 4.26. The number of rotatable bonds is 4. The largest absolute Gasteiger partial charge is 0.340 e. The van der Waals surface area contributed by atoms with Crippen molar-refractivity contribution in [2.24, 2.45) is 0 Å². The van der Waals surface area contributed by atoms with Gasteiger partial charge in [-0.25, -0.2) is 4.98 Å². The Balaban J connectivity index is 1.56. The number of piperazine rings is 1. The molecular formula is C22H29N5O2. The van der Waals surface area contributed by atoms with E-state index in [-0.39, 0.29) is 17.4 Å². The lowest BCUT2D eigenvalue weighted by atomic mass is 10.0. The van der Waals surface area contributed by atoms with Crippen LogP contribution in [0.4, 0.5) is 11.6 Å². The number of aryl methyl sites for hydroxylation is 1. The van der Waals surface area contributed by atoms with E-state index < -0.39 is 0 Å². The van der Waals surface area contributed by atoms with E-state index in [1.807, 2.05) is 24.0 Å². The zero-order valence-corrected chi connectivity index (χ0v) is 17.4. The summed E-state index contributed by atoms with van der Waals surface area (Å²) < 4.78 is 0. The minimum absolute atomic E-state index is 0.0691. The maximum Gasteiger partial charge on any atom is 0.252 e. The highest BCUT2D eigenvalue weighted by molar-refractivity contribution is 5.97. The number of nitrogens with one attached hydrogen (secondary N) is 1. The second-order valence-electron chi connectivity index (χ2n) is 8.04. The van der Waals surface area contributed by atoms with Crippen LogP contribution in [0.1, 0.15) is 36.1 Å². The van der Waals surface area contributed by atoms with Gasteiger partial charge in [-0.1, -0.05) is 19.1 Å². The number of carbonyl (C=O) groups excluding carboxylic acids is 1. The first-order valence-corrected chi connectivity index (χ1v) is 10.4. The maximum atomic E-state index is 12.8. The van der Waals surface area contributed by atoms with Crippen LogP contribution in [0.15, 0.2) is 29.1 Å². The highest BCUT2D eigenvalue weighted by Crippen LogP contribution is 2.33. The number of aromatic amines is 1. The molecule has 2 fully saturated rings. The third kappa shape index (κ3) is 3.92. The van der Waals surface area contributed by atoms with Crippen molar-refractivity contribution in [3.63, 3.8) is 0 Å². The monoisotopic (exact) mass is 395 g/mol. The first kappa shape index (κ1) is 19.6. The van der Waals surface area contributed by atoms with Crippen molar-refractivity contribution in [3.05, 3.63) is 51.4 Å². The molecule has 1 aromatic heterocycles. The molecule has 0 spiro atoms. The molecule has 0 aliphatic carbocycles. The number of likely N-dealkylation sites (N-methyl/N-ethyl adjacent to an activating group) is 1. The Labute approximate surface area is 171 Å². The van der Waals surface area contributed by atoms with Crippen LogP contribution < -0.4 is 15.4 Å². The van der Waals surface area contributed by atoms with Crippen molar-refractivity contribution in [1.29, 1.82) is 0 Å². The third-order valence-corrected chi connectivity index (χ3v) is 6.28. The van der Waals surface area contributed by atoms with Crippen LogP contribution >= 0.6 is 0 Å². The predicted molar refractivity (Wildman–Crippen MR) is 115 cm³/mol. The van der Waals surface area contributed by atoms with Gasteiger partial charge in [-0.05, 0) is 37.6 Å². The van der Waals surface area contributed by atoms with Gasteiger partial charge in [-0.15, -0.1) is 0 Å². The van der Waals surface area contributed by atoms with E-state index in [2.05, 4.69) is 34.7 Å². The molecule has 1 N–H and O–H groups in total. The van der Waals surface area contributed by atoms with E-state index in [4.69, 9.17) is 4.98 Å². The van der Waals surface area contributed by atoms with Gasteiger partial charge in [0.05, 0.1) is 5.69 Å². The van der Waals surface area contributed by atoms with Crippen molar-refractivity contribution in [3.8, 4) is 0 Å². The van der Waals surface area contributed by atoms with Crippen LogP contribution in [0.25, 0.3) is 0 Å². The first-order chi connectivity index (χ1) is 14.0. The molecule has 2 saturated heterocycles. The second-order valence-corrected chi connectivity index (χ2v) is 8.04. The Hall–Kier alpha value is -2.67. The summed E-state index contributed by atoms with van der Waals surface area (Å²) in [5.74, 6) is 0.644. The van der Waals surface area contributed by atoms with Crippen molar-refractivity contribution in [1.82, 2.24) is 14.9 Å². The summed E-state index contributed by atoms with van der Waals surface area (Å²) in [5, 5.41) is 0. The zero-order valence-electron chi connectivity index (χ0n) is 17.4. The number of nitrogens with zero attached hydrogens (tertiary/aromatic N) is 4. The molecule has 0 unspecified atom stereocenters. The summed E-state index contributed by atoms with van der Waals surface area (Å²) in [7, 11) is 0. The van der Waals surface area contributed by atoms with Crippen LogP contribution in [0.3, 0.4) is 0 Å². The Bertz CT molecular complexity index is 962. The van der Waals surface area contributed by atoms with E-state index in [0.717, 1.165) is 44.0 Å². The Morgan fingerprint density at radius 3 is 2.62 bits per heavy atom. The first-order valence-electron chi connectivity index (χ1n) is 10.4. The number of hydrogen-bond donors (Lipinski definition) is 1. The molecule has 29 heavy (non-hydrogen) atoms. The lowest BCUT2D eigenvalue weighted by molar-refractivity contribution is -0.117. The number of amides is 1. The molecule has 1 amide bonds. The smallest absolute Gasteiger partial charge is 0.252 e. The van der Waals surface area contributed by atoms with Gasteiger partial charge in [-0.3, -0.25) is 14.6 Å². The SMILES string of the molecule is CCN1CCN(c2nc([C@@H]3CC(=O)N(c4cccc(C)c4C)C3)cc(=O)[nH]2)CC1. The summed E-state index contributed by atoms with van der Waals surface area (Å²) in [5.41, 5.74) is 3.80. The van der Waals surface area contributed by atoms with Gasteiger partial charge in [0.25, 0.3) is 5.56 Å². The highest BCUT2D eigenvalue weighted by atomic mass is 16.2. The van der Waals surface area contributed by atoms with Crippen molar-refractivity contribution in [2.75, 3.05) is 49.1 Å². The van der Waals surface area contributed by atoms with Crippen LogP contribution in [0, 0.1) is 13.8 Å². The summed E-state index contributed by atoms with van der Waals surface area (Å²) in [6, 6.07) is 7.58. The molecule has 0 saturated carbocycles. The molecule has 2 aliphatic heterocycles. The fourth-order valence-corrected chi connectivity index (χ4v) is 4.26. The molecule has 154 valence electrons. The van der Waals surface area contributed by atoms with Gasteiger partial charge in [0.2, 0.25) is 11.9 Å².